The molecular weight excluding hydrogens is 719 g/mol. The number of piperazine rings is 1. The van der Waals surface area contributed by atoms with Gasteiger partial charge in [0.25, 0.3) is 0 Å². The van der Waals surface area contributed by atoms with E-state index in [9.17, 15) is 9.59 Å². The second-order valence-corrected chi connectivity index (χ2v) is 18.9. The van der Waals surface area contributed by atoms with Gasteiger partial charge in [0, 0.05) is 74.7 Å². The SMILES string of the molecule is CC(C)n1cnc2cc(-c3ccc4c(c3)N(C3CC(N5CCCCC5)C3)C(=O)C43CCN(C(=O)CN4CCN(C(=O)OC(C)(C)C)CC4)CC3)nc(NC3CC3)c21. The van der Waals surface area contributed by atoms with Gasteiger partial charge in [0.05, 0.1) is 29.5 Å². The molecule has 3 aromatic rings. The van der Waals surface area contributed by atoms with Crippen molar-refractivity contribution in [3.63, 3.8) is 0 Å². The highest BCUT2D eigenvalue weighted by Gasteiger charge is 2.56. The topological polar surface area (TPSA) is 119 Å². The molecule has 0 bridgehead atoms. The summed E-state index contributed by atoms with van der Waals surface area (Å²) < 4.78 is 7.75. The first kappa shape index (κ1) is 38.3. The lowest BCUT2D eigenvalue weighted by Gasteiger charge is -2.48. The second kappa shape index (κ2) is 14.9. The third-order valence-corrected chi connectivity index (χ3v) is 13.4. The Bertz CT molecular complexity index is 2010. The molecule has 1 N–H and O–H groups in total. The average molecular weight is 780 g/mol. The molecule has 6 heterocycles. The number of imidazole rings is 1. The zero-order chi connectivity index (χ0) is 39.6. The summed E-state index contributed by atoms with van der Waals surface area (Å²) in [6.45, 7) is 16.0. The number of pyridine rings is 1. The van der Waals surface area contributed by atoms with Crippen LogP contribution in [0.4, 0.5) is 16.3 Å². The molecule has 0 atom stereocenters. The molecule has 0 unspecified atom stereocenters. The van der Waals surface area contributed by atoms with E-state index in [1.807, 2.05) is 32.0 Å². The highest BCUT2D eigenvalue weighted by molar-refractivity contribution is 6.09. The zero-order valence-corrected chi connectivity index (χ0v) is 34.6. The Kier molecular flexibility index (Phi) is 9.98. The number of nitrogens with one attached hydrogen (secondary N) is 1. The number of benzene rings is 1. The maximum Gasteiger partial charge on any atom is 0.410 e. The van der Waals surface area contributed by atoms with Gasteiger partial charge in [0.2, 0.25) is 11.8 Å². The molecule has 4 aliphatic heterocycles. The average Bonchev–Trinajstić information content (AvgIpc) is 3.83. The summed E-state index contributed by atoms with van der Waals surface area (Å²) >= 11 is 0. The van der Waals surface area contributed by atoms with E-state index in [-0.39, 0.29) is 30.0 Å². The van der Waals surface area contributed by atoms with Gasteiger partial charge in [-0.25, -0.2) is 14.8 Å². The summed E-state index contributed by atoms with van der Waals surface area (Å²) in [4.78, 5) is 62.0. The van der Waals surface area contributed by atoms with Crippen LogP contribution >= 0.6 is 0 Å². The Morgan fingerprint density at radius 3 is 2.30 bits per heavy atom. The van der Waals surface area contributed by atoms with Gasteiger partial charge in [-0.05, 0) is 117 Å². The molecule has 57 heavy (non-hydrogen) atoms. The molecule has 2 aromatic heterocycles. The van der Waals surface area contributed by atoms with Gasteiger partial charge in [-0.1, -0.05) is 18.6 Å². The van der Waals surface area contributed by atoms with Crippen LogP contribution in [0.5, 0.6) is 0 Å². The largest absolute Gasteiger partial charge is 0.444 e. The number of piperidine rings is 2. The number of amides is 3. The molecule has 2 aliphatic carbocycles. The number of aromatic nitrogens is 3. The molecule has 306 valence electrons. The van der Waals surface area contributed by atoms with Crippen LogP contribution in [0, 0.1) is 0 Å². The first-order chi connectivity index (χ1) is 27.4. The molecule has 5 fully saturated rings. The summed E-state index contributed by atoms with van der Waals surface area (Å²) in [6, 6.07) is 10.1. The smallest absolute Gasteiger partial charge is 0.410 e. The van der Waals surface area contributed by atoms with Crippen LogP contribution in [0.3, 0.4) is 0 Å². The van der Waals surface area contributed by atoms with Crippen molar-refractivity contribution in [3.05, 3.63) is 36.2 Å². The molecule has 3 saturated heterocycles. The van der Waals surface area contributed by atoms with E-state index in [1.165, 1.54) is 19.3 Å². The molecule has 9 rings (SSSR count). The Balaban J connectivity index is 0.947. The van der Waals surface area contributed by atoms with E-state index in [0.717, 1.165) is 78.1 Å². The van der Waals surface area contributed by atoms with Gasteiger partial charge >= 0.3 is 6.09 Å². The lowest BCUT2D eigenvalue weighted by Crippen LogP contribution is -2.58. The molecule has 1 aromatic carbocycles. The number of carbonyl (C=O) groups excluding carboxylic acids is 3. The standard InChI is InChI=1S/C44H61N9O4/c1-29(2)52-28-45-36-26-35(47-40(39(36)52)46-31-10-11-31)30-9-12-34-37(23-30)53(33-24-32(25-33)49-15-7-6-8-16-49)41(55)44(34)13-17-50(18-14-44)38(54)27-48-19-21-51(22-20-48)42(56)57-43(3,4)5/h9,12,23,26,28-29,31-33H,6-8,10-11,13-22,24-25,27H2,1-5H3,(H,46,47). The zero-order valence-electron chi connectivity index (χ0n) is 34.6. The number of carbonyl (C=O) groups is 3. The summed E-state index contributed by atoms with van der Waals surface area (Å²) in [5.41, 5.74) is 4.76. The quantitative estimate of drug-likeness (QED) is 0.293. The Labute approximate surface area is 337 Å². The van der Waals surface area contributed by atoms with Crippen molar-refractivity contribution < 1.29 is 19.1 Å². The van der Waals surface area contributed by atoms with Crippen molar-refractivity contribution in [2.75, 3.05) is 69.1 Å². The first-order valence-electron chi connectivity index (χ1n) is 21.7. The highest BCUT2D eigenvalue weighted by atomic mass is 16.6. The number of anilines is 2. The molecule has 3 amide bonds. The van der Waals surface area contributed by atoms with Crippen LogP contribution < -0.4 is 10.2 Å². The predicted octanol–water partition coefficient (Wildman–Crippen LogP) is 6.03. The summed E-state index contributed by atoms with van der Waals surface area (Å²) in [7, 11) is 0. The Hall–Kier alpha value is -4.23. The van der Waals surface area contributed by atoms with E-state index in [0.29, 0.717) is 70.7 Å². The maximum atomic E-state index is 15.0. The summed E-state index contributed by atoms with van der Waals surface area (Å²) in [5.74, 6) is 1.18. The van der Waals surface area contributed by atoms with Crippen LogP contribution in [0.15, 0.2) is 30.6 Å². The number of rotatable bonds is 8. The number of likely N-dealkylation sites (tertiary alicyclic amines) is 2. The van der Waals surface area contributed by atoms with E-state index in [1.54, 1.807) is 4.90 Å². The molecule has 2 saturated carbocycles. The number of hydrogen-bond donors (Lipinski definition) is 1. The molecule has 1 spiro atoms. The fourth-order valence-corrected chi connectivity index (χ4v) is 9.91. The second-order valence-electron chi connectivity index (χ2n) is 18.9. The van der Waals surface area contributed by atoms with Crippen molar-refractivity contribution in [2.45, 2.75) is 128 Å². The molecule has 13 nitrogen and oxygen atoms in total. The maximum absolute atomic E-state index is 15.0. The molecular formula is C44H61N9O4. The predicted molar refractivity (Wildman–Crippen MR) is 221 cm³/mol. The van der Waals surface area contributed by atoms with Crippen molar-refractivity contribution in [3.8, 4) is 11.3 Å². The van der Waals surface area contributed by atoms with E-state index < -0.39 is 11.0 Å². The van der Waals surface area contributed by atoms with Crippen molar-refractivity contribution in [1.29, 1.82) is 0 Å². The van der Waals surface area contributed by atoms with Crippen LogP contribution in [0.1, 0.15) is 104 Å². The highest BCUT2D eigenvalue weighted by Crippen LogP contribution is 2.52. The van der Waals surface area contributed by atoms with Gasteiger partial charge in [0.15, 0.2) is 5.82 Å². The third kappa shape index (κ3) is 7.39. The normalized spacial score (nSPS) is 24.3. The molecule has 0 radical (unpaired) electrons. The van der Waals surface area contributed by atoms with Crippen molar-refractivity contribution in [2.24, 2.45) is 0 Å². The van der Waals surface area contributed by atoms with Crippen molar-refractivity contribution >= 4 is 40.4 Å². The lowest BCUT2D eigenvalue weighted by atomic mass is 9.73. The fourth-order valence-electron chi connectivity index (χ4n) is 9.91. The van der Waals surface area contributed by atoms with Gasteiger partial charge in [-0.3, -0.25) is 14.5 Å². The number of nitrogens with zero attached hydrogens (tertiary/aromatic N) is 8. The van der Waals surface area contributed by atoms with E-state index in [4.69, 9.17) is 14.7 Å². The van der Waals surface area contributed by atoms with Crippen LogP contribution in [-0.2, 0) is 19.7 Å². The third-order valence-electron chi connectivity index (χ3n) is 13.4. The summed E-state index contributed by atoms with van der Waals surface area (Å²) in [6.07, 6.45) is 11.0. The Morgan fingerprint density at radius 1 is 0.912 bits per heavy atom. The number of ether oxygens (including phenoxy) is 1. The van der Waals surface area contributed by atoms with Gasteiger partial charge in [-0.15, -0.1) is 0 Å². The van der Waals surface area contributed by atoms with Crippen LogP contribution in [0.25, 0.3) is 22.3 Å². The van der Waals surface area contributed by atoms with Gasteiger partial charge in [0.1, 0.15) is 11.1 Å². The first-order valence-corrected chi connectivity index (χ1v) is 21.7. The minimum Gasteiger partial charge on any atom is -0.444 e. The minimum absolute atomic E-state index is 0.0915. The fraction of sp³-hybridized carbons (Fsp3) is 0.659. The molecule has 6 aliphatic rings. The number of hydrogen-bond acceptors (Lipinski definition) is 9. The van der Waals surface area contributed by atoms with Crippen LogP contribution in [-0.4, -0.2) is 135 Å². The van der Waals surface area contributed by atoms with E-state index >= 15 is 4.79 Å². The Morgan fingerprint density at radius 2 is 1.63 bits per heavy atom. The monoisotopic (exact) mass is 779 g/mol. The van der Waals surface area contributed by atoms with Gasteiger partial charge in [-0.2, -0.15) is 0 Å². The summed E-state index contributed by atoms with van der Waals surface area (Å²) in [5, 5.41) is 3.69. The van der Waals surface area contributed by atoms with Gasteiger partial charge < -0.3 is 34.2 Å². The van der Waals surface area contributed by atoms with E-state index in [2.05, 4.69) is 62.7 Å². The molecule has 13 heteroatoms. The van der Waals surface area contributed by atoms with Crippen molar-refractivity contribution in [1.82, 2.24) is 34.1 Å². The van der Waals surface area contributed by atoms with Crippen LogP contribution in [0.2, 0.25) is 0 Å². The minimum atomic E-state index is -0.647. The lowest BCUT2D eigenvalue weighted by molar-refractivity contribution is -0.137. The number of fused-ring (bicyclic) bond motifs is 3.